The van der Waals surface area contributed by atoms with E-state index in [1.165, 1.54) is 35.9 Å². The molecule has 0 radical (unpaired) electrons. The molecule has 3 nitrogen and oxygen atoms in total. The summed E-state index contributed by atoms with van der Waals surface area (Å²) in [5, 5.41) is 0. The third kappa shape index (κ3) is 7.76. The van der Waals surface area contributed by atoms with E-state index >= 15 is 0 Å². The van der Waals surface area contributed by atoms with Gasteiger partial charge in [0, 0.05) is 6.04 Å². The van der Waals surface area contributed by atoms with Crippen molar-refractivity contribution in [3.63, 3.8) is 0 Å². The first kappa shape index (κ1) is 20.1. The van der Waals surface area contributed by atoms with Gasteiger partial charge in [-0.3, -0.25) is 0 Å². The molecule has 2 rings (SSSR count). The van der Waals surface area contributed by atoms with Gasteiger partial charge in [0.15, 0.2) is 0 Å². The zero-order valence-electron chi connectivity index (χ0n) is 10.4. The van der Waals surface area contributed by atoms with Crippen LogP contribution in [0.2, 0.25) is 0 Å². The number of imidazole rings is 1. The van der Waals surface area contributed by atoms with E-state index in [1.54, 1.807) is 0 Å². The predicted octanol–water partition coefficient (Wildman–Crippen LogP) is 2.88. The molecule has 0 amide bonds. The Kier molecular flexibility index (Phi) is 12.7. The van der Waals surface area contributed by atoms with E-state index in [2.05, 4.69) is 28.5 Å². The Hall–Kier alpha value is 0.818. The summed E-state index contributed by atoms with van der Waals surface area (Å²) in [6.07, 6.45) is 10.7. The second-order valence-electron chi connectivity index (χ2n) is 4.16. The number of hydrogen-bond acceptors (Lipinski definition) is 1. The van der Waals surface area contributed by atoms with E-state index in [-0.39, 0.29) is 34.0 Å². The summed E-state index contributed by atoms with van der Waals surface area (Å²) < 4.78 is 5.38. The van der Waals surface area contributed by atoms with Crippen molar-refractivity contribution in [2.75, 3.05) is 0 Å². The molecule has 0 spiro atoms. The minimum Gasteiger partial charge on any atom is -0.328 e. The average Bonchev–Trinajstić information content (AvgIpc) is 2.52. The number of rotatable bonds is 0. The van der Waals surface area contributed by atoms with Crippen molar-refractivity contribution in [3.8, 4) is 0 Å². The fourth-order valence-electron chi connectivity index (χ4n) is 1.70. The van der Waals surface area contributed by atoms with Gasteiger partial charge in [0.25, 0.3) is 0 Å². The molecule has 0 saturated heterocycles. The van der Waals surface area contributed by atoms with Crippen molar-refractivity contribution in [1.29, 1.82) is 0 Å². The Balaban J connectivity index is 0. The normalized spacial score (nSPS) is 15.1. The molecule has 17 heavy (non-hydrogen) atoms. The van der Waals surface area contributed by atoms with Gasteiger partial charge in [-0.15, -0.1) is 34.0 Å². The van der Waals surface area contributed by atoms with Crippen molar-refractivity contribution in [3.05, 3.63) is 16.2 Å². The molecule has 1 heterocycles. The minimum absolute atomic E-state index is 0. The molecule has 1 aromatic rings. The molecular formula is C11H23Br2N3Pt. The molecular weight excluding hydrogens is 529 g/mol. The van der Waals surface area contributed by atoms with Crippen molar-refractivity contribution in [2.24, 2.45) is 19.8 Å². The average molecular weight is 552 g/mol. The van der Waals surface area contributed by atoms with E-state index in [0.29, 0.717) is 6.04 Å². The zero-order valence-corrected chi connectivity index (χ0v) is 16.1. The SMILES string of the molecule is Br.Br.Cn1ccn(C)[c]1=[Pt].NC1CCCCC1. The van der Waals surface area contributed by atoms with E-state index in [0.717, 1.165) is 0 Å². The smallest absolute Gasteiger partial charge is 0.00388 e. The summed E-state index contributed by atoms with van der Waals surface area (Å²) >= 11 is 2.27. The first-order valence-electron chi connectivity index (χ1n) is 5.50. The molecule has 106 valence electrons. The Labute approximate surface area is 136 Å². The molecule has 1 saturated carbocycles. The molecule has 0 unspecified atom stereocenters. The quantitative estimate of drug-likeness (QED) is 0.529. The Morgan fingerprint density at radius 2 is 1.47 bits per heavy atom. The summed E-state index contributed by atoms with van der Waals surface area (Å²) in [5.41, 5.74) is 5.63. The van der Waals surface area contributed by atoms with Gasteiger partial charge in [0.05, 0.1) is 0 Å². The van der Waals surface area contributed by atoms with Gasteiger partial charge in [-0.2, -0.15) is 0 Å². The Bertz CT molecular complexity index is 320. The second-order valence-corrected chi connectivity index (χ2v) is 5.18. The van der Waals surface area contributed by atoms with Crippen molar-refractivity contribution in [2.45, 2.75) is 38.1 Å². The molecule has 0 aromatic carbocycles. The number of hydrogen-bond donors (Lipinski definition) is 1. The Morgan fingerprint density at radius 3 is 1.65 bits per heavy atom. The van der Waals surface area contributed by atoms with Gasteiger partial charge >= 0.3 is 58.8 Å². The number of aryl methyl sites for hydroxylation is 2. The molecule has 1 aliphatic rings. The number of nitrogens with two attached hydrogens (primary N) is 1. The predicted molar refractivity (Wildman–Crippen MR) is 79.3 cm³/mol. The summed E-state index contributed by atoms with van der Waals surface area (Å²) in [5.74, 6) is 0. The fourth-order valence-corrected chi connectivity index (χ4v) is 2.04. The van der Waals surface area contributed by atoms with Crippen LogP contribution in [0.25, 0.3) is 0 Å². The van der Waals surface area contributed by atoms with Crippen molar-refractivity contribution in [1.82, 2.24) is 9.13 Å². The van der Waals surface area contributed by atoms with Gasteiger partial charge in [0.2, 0.25) is 0 Å². The van der Waals surface area contributed by atoms with E-state index in [4.69, 9.17) is 5.73 Å². The van der Waals surface area contributed by atoms with E-state index in [9.17, 15) is 0 Å². The maximum absolute atomic E-state index is 5.63. The molecule has 0 aliphatic heterocycles. The third-order valence-corrected chi connectivity index (χ3v) is 4.31. The fraction of sp³-hybridized carbons (Fsp3) is 0.727. The zero-order chi connectivity index (χ0) is 11.3. The van der Waals surface area contributed by atoms with Gasteiger partial charge in [0.1, 0.15) is 0 Å². The minimum atomic E-state index is 0. The molecule has 1 aromatic heterocycles. The van der Waals surface area contributed by atoms with Crippen LogP contribution >= 0.6 is 34.0 Å². The van der Waals surface area contributed by atoms with Crippen LogP contribution in [-0.2, 0) is 33.4 Å². The molecule has 1 fully saturated rings. The maximum Gasteiger partial charge on any atom is 0.00388 e. The van der Waals surface area contributed by atoms with Crippen LogP contribution in [0.5, 0.6) is 0 Å². The van der Waals surface area contributed by atoms with Gasteiger partial charge in [-0.05, 0) is 12.8 Å². The molecule has 2 N–H and O–H groups in total. The molecule has 0 atom stereocenters. The molecule has 1 aliphatic carbocycles. The summed E-state index contributed by atoms with van der Waals surface area (Å²) in [4.78, 5) is 0. The largest absolute Gasteiger partial charge is 0.328 e. The maximum atomic E-state index is 5.63. The first-order chi connectivity index (χ1) is 7.11. The van der Waals surface area contributed by atoms with E-state index < -0.39 is 0 Å². The van der Waals surface area contributed by atoms with Gasteiger partial charge in [-0.1, -0.05) is 19.3 Å². The van der Waals surface area contributed by atoms with Crippen molar-refractivity contribution < 1.29 is 19.4 Å². The van der Waals surface area contributed by atoms with E-state index in [1.807, 2.05) is 26.5 Å². The Morgan fingerprint density at radius 1 is 1.06 bits per heavy atom. The first-order valence-corrected chi connectivity index (χ1v) is 6.64. The third-order valence-electron chi connectivity index (χ3n) is 2.70. The number of aromatic nitrogens is 2. The van der Waals surface area contributed by atoms with Crippen molar-refractivity contribution >= 4 is 34.0 Å². The summed E-state index contributed by atoms with van der Waals surface area (Å²) in [6.45, 7) is 0. The monoisotopic (exact) mass is 550 g/mol. The van der Waals surface area contributed by atoms with Crippen LogP contribution in [0.4, 0.5) is 0 Å². The second kappa shape index (κ2) is 10.7. The molecule has 0 bridgehead atoms. The van der Waals surface area contributed by atoms with Crippen LogP contribution in [0.15, 0.2) is 12.4 Å². The number of halogens is 2. The summed E-state index contributed by atoms with van der Waals surface area (Å²) in [7, 11) is 4.06. The van der Waals surface area contributed by atoms with Crippen LogP contribution in [0.3, 0.4) is 0 Å². The van der Waals surface area contributed by atoms with Gasteiger partial charge < -0.3 is 5.73 Å². The summed E-state index contributed by atoms with van der Waals surface area (Å²) in [6, 6.07) is 0.536. The van der Waals surface area contributed by atoms with Crippen LogP contribution < -0.4 is 5.73 Å². The van der Waals surface area contributed by atoms with Gasteiger partial charge in [-0.25, -0.2) is 0 Å². The van der Waals surface area contributed by atoms with Crippen LogP contribution in [-0.4, -0.2) is 15.2 Å². The topological polar surface area (TPSA) is 35.9 Å². The van der Waals surface area contributed by atoms with Crippen LogP contribution in [0.1, 0.15) is 32.1 Å². The van der Waals surface area contributed by atoms with Crippen LogP contribution in [0, 0.1) is 3.80 Å². The standard InChI is InChI=1S/C6H13N.C5H8N2.2BrH.Pt/c7-6-4-2-1-3-5-6;1-6-3-4-7(2)5-6;;;/h6H,1-5,7H2;3-4H,1-2H3;2*1H;. The molecule has 6 heteroatoms. The number of nitrogens with zero attached hydrogens (tertiary/aromatic N) is 2.